The molecule has 0 aliphatic heterocycles. The van der Waals surface area contributed by atoms with E-state index in [2.05, 4.69) is 11.4 Å². The Labute approximate surface area is 92.9 Å². The SMILES string of the molecule is FC(F)c1ccccc1CO/N=[C]\C1CC1. The lowest BCUT2D eigenvalue weighted by atomic mass is 10.1. The minimum absolute atomic E-state index is 0.00382. The van der Waals surface area contributed by atoms with E-state index in [-0.39, 0.29) is 12.2 Å². The first-order valence-electron chi connectivity index (χ1n) is 5.21. The monoisotopic (exact) mass is 224 g/mol. The molecular formula is C12H12F2NO. The fourth-order valence-electron chi connectivity index (χ4n) is 1.30. The Hall–Kier alpha value is -1.45. The molecule has 0 saturated heterocycles. The lowest BCUT2D eigenvalue weighted by molar-refractivity contribution is 0.119. The van der Waals surface area contributed by atoms with Gasteiger partial charge in [-0.2, -0.15) is 0 Å². The van der Waals surface area contributed by atoms with Crippen LogP contribution in [0.3, 0.4) is 0 Å². The van der Waals surface area contributed by atoms with Crippen LogP contribution in [0, 0.1) is 5.92 Å². The van der Waals surface area contributed by atoms with Crippen molar-refractivity contribution < 1.29 is 13.6 Å². The summed E-state index contributed by atoms with van der Waals surface area (Å²) in [6.45, 7) is 0.0697. The van der Waals surface area contributed by atoms with Gasteiger partial charge in [0.1, 0.15) is 12.8 Å². The molecule has 1 aliphatic carbocycles. The molecule has 1 aromatic rings. The highest BCUT2D eigenvalue weighted by molar-refractivity contribution is 5.62. The van der Waals surface area contributed by atoms with Crippen LogP contribution in [-0.2, 0) is 11.4 Å². The third-order valence-electron chi connectivity index (χ3n) is 2.39. The van der Waals surface area contributed by atoms with Gasteiger partial charge in [-0.3, -0.25) is 0 Å². The normalized spacial score (nSPS) is 15.9. The maximum atomic E-state index is 12.6. The van der Waals surface area contributed by atoms with Gasteiger partial charge in [-0.1, -0.05) is 29.4 Å². The van der Waals surface area contributed by atoms with E-state index in [0.717, 1.165) is 12.8 Å². The van der Waals surface area contributed by atoms with Crippen LogP contribution in [0.15, 0.2) is 29.4 Å². The van der Waals surface area contributed by atoms with Gasteiger partial charge in [0, 0.05) is 17.0 Å². The molecule has 0 spiro atoms. The summed E-state index contributed by atoms with van der Waals surface area (Å²) in [5.74, 6) is 0.408. The van der Waals surface area contributed by atoms with Crippen molar-refractivity contribution >= 4 is 6.21 Å². The second-order valence-corrected chi connectivity index (χ2v) is 3.77. The molecule has 2 nitrogen and oxygen atoms in total. The molecule has 1 fully saturated rings. The van der Waals surface area contributed by atoms with E-state index in [9.17, 15) is 8.78 Å². The Morgan fingerprint density at radius 1 is 1.38 bits per heavy atom. The number of nitrogens with zero attached hydrogens (tertiary/aromatic N) is 1. The zero-order valence-electron chi connectivity index (χ0n) is 8.70. The minimum Gasteiger partial charge on any atom is -0.391 e. The predicted molar refractivity (Wildman–Crippen MR) is 56.3 cm³/mol. The van der Waals surface area contributed by atoms with Gasteiger partial charge >= 0.3 is 0 Å². The Morgan fingerprint density at radius 2 is 2.12 bits per heavy atom. The van der Waals surface area contributed by atoms with Crippen molar-refractivity contribution in [3.63, 3.8) is 0 Å². The van der Waals surface area contributed by atoms with Crippen molar-refractivity contribution in [2.24, 2.45) is 11.1 Å². The fourth-order valence-corrected chi connectivity index (χ4v) is 1.30. The molecule has 0 N–H and O–H groups in total. The lowest BCUT2D eigenvalue weighted by Gasteiger charge is -2.06. The molecule has 0 unspecified atom stereocenters. The van der Waals surface area contributed by atoms with Gasteiger partial charge < -0.3 is 4.84 Å². The first-order chi connectivity index (χ1) is 7.77. The molecule has 0 bridgehead atoms. The van der Waals surface area contributed by atoms with Crippen molar-refractivity contribution in [3.05, 3.63) is 35.4 Å². The van der Waals surface area contributed by atoms with Gasteiger partial charge in [0.2, 0.25) is 0 Å². The molecule has 0 heterocycles. The average molecular weight is 224 g/mol. The van der Waals surface area contributed by atoms with Crippen LogP contribution >= 0.6 is 0 Å². The zero-order chi connectivity index (χ0) is 11.4. The predicted octanol–water partition coefficient (Wildman–Crippen LogP) is 3.41. The van der Waals surface area contributed by atoms with Gasteiger partial charge in [-0.15, -0.1) is 0 Å². The van der Waals surface area contributed by atoms with E-state index in [0.29, 0.717) is 11.5 Å². The van der Waals surface area contributed by atoms with E-state index in [1.165, 1.54) is 6.07 Å². The molecule has 85 valence electrons. The molecule has 1 saturated carbocycles. The van der Waals surface area contributed by atoms with Crippen molar-refractivity contribution in [2.75, 3.05) is 0 Å². The van der Waals surface area contributed by atoms with Crippen LogP contribution in [0.25, 0.3) is 0 Å². The van der Waals surface area contributed by atoms with Gasteiger partial charge in [-0.05, 0) is 12.8 Å². The topological polar surface area (TPSA) is 21.6 Å². The molecule has 1 aliphatic rings. The average Bonchev–Trinajstić information content (AvgIpc) is 3.08. The summed E-state index contributed by atoms with van der Waals surface area (Å²) >= 11 is 0. The third-order valence-corrected chi connectivity index (χ3v) is 2.39. The molecular weight excluding hydrogens is 212 g/mol. The summed E-state index contributed by atoms with van der Waals surface area (Å²) in [5.41, 5.74) is 0.475. The second-order valence-electron chi connectivity index (χ2n) is 3.77. The smallest absolute Gasteiger partial charge is 0.264 e. The third kappa shape index (κ3) is 3.02. The first kappa shape index (κ1) is 11.0. The molecule has 0 atom stereocenters. The maximum absolute atomic E-state index is 12.6. The van der Waals surface area contributed by atoms with E-state index in [1.54, 1.807) is 18.2 Å². The van der Waals surface area contributed by atoms with Gasteiger partial charge in [0.25, 0.3) is 6.43 Å². The summed E-state index contributed by atoms with van der Waals surface area (Å²) in [6.07, 6.45) is 2.51. The van der Waals surface area contributed by atoms with Crippen LogP contribution in [0.2, 0.25) is 0 Å². The lowest BCUT2D eigenvalue weighted by Crippen LogP contribution is -1.95. The van der Waals surface area contributed by atoms with Crippen LogP contribution in [0.1, 0.15) is 30.4 Å². The van der Waals surface area contributed by atoms with Crippen molar-refractivity contribution in [1.29, 1.82) is 0 Å². The molecule has 0 aromatic heterocycles. The second kappa shape index (κ2) is 5.05. The Morgan fingerprint density at radius 3 is 2.81 bits per heavy atom. The highest BCUT2D eigenvalue weighted by atomic mass is 19.3. The largest absolute Gasteiger partial charge is 0.391 e. The molecule has 0 amide bonds. The molecule has 4 heteroatoms. The minimum atomic E-state index is -2.48. The van der Waals surface area contributed by atoms with Gasteiger partial charge in [0.15, 0.2) is 0 Å². The summed E-state index contributed by atoms with van der Waals surface area (Å²) in [4.78, 5) is 4.94. The van der Waals surface area contributed by atoms with Gasteiger partial charge in [0.05, 0.1) is 0 Å². The number of hydrogen-bond donors (Lipinski definition) is 0. The summed E-state index contributed by atoms with van der Waals surface area (Å²) in [5, 5.41) is 3.63. The van der Waals surface area contributed by atoms with Crippen molar-refractivity contribution in [3.8, 4) is 0 Å². The first-order valence-corrected chi connectivity index (χ1v) is 5.21. The number of alkyl halides is 2. The van der Waals surface area contributed by atoms with Crippen LogP contribution in [-0.4, -0.2) is 6.21 Å². The van der Waals surface area contributed by atoms with Gasteiger partial charge in [-0.25, -0.2) is 8.78 Å². The highest BCUT2D eigenvalue weighted by Crippen LogP contribution is 2.26. The van der Waals surface area contributed by atoms with E-state index in [1.807, 2.05) is 0 Å². The van der Waals surface area contributed by atoms with E-state index < -0.39 is 6.43 Å². The van der Waals surface area contributed by atoms with Crippen LogP contribution in [0.5, 0.6) is 0 Å². The number of halogens is 2. The molecule has 16 heavy (non-hydrogen) atoms. The molecule has 2 rings (SSSR count). The zero-order valence-corrected chi connectivity index (χ0v) is 8.70. The Bertz CT molecular complexity index is 375. The quantitative estimate of drug-likeness (QED) is 0.554. The Balaban J connectivity index is 1.91. The summed E-state index contributed by atoms with van der Waals surface area (Å²) < 4.78 is 25.1. The van der Waals surface area contributed by atoms with Crippen LogP contribution in [0.4, 0.5) is 8.78 Å². The van der Waals surface area contributed by atoms with Crippen LogP contribution < -0.4 is 0 Å². The standard InChI is InChI=1S/C12H12F2NO/c13-12(14)11-4-2-1-3-10(11)8-16-15-7-9-5-6-9/h1-4,9,12H,5-6,8H2. The number of benzene rings is 1. The summed E-state index contributed by atoms with van der Waals surface area (Å²) in [7, 11) is 0. The fraction of sp³-hybridized carbons (Fsp3) is 0.417. The molecule has 1 aromatic carbocycles. The van der Waals surface area contributed by atoms with E-state index in [4.69, 9.17) is 4.84 Å². The van der Waals surface area contributed by atoms with Crippen molar-refractivity contribution in [2.45, 2.75) is 25.9 Å². The summed E-state index contributed by atoms with van der Waals surface area (Å²) in [6, 6.07) is 6.31. The Kier molecular flexibility index (Phi) is 3.49. The van der Waals surface area contributed by atoms with Crippen molar-refractivity contribution in [1.82, 2.24) is 0 Å². The number of hydrogen-bond acceptors (Lipinski definition) is 2. The highest BCUT2D eigenvalue weighted by Gasteiger charge is 2.19. The molecule has 1 radical (unpaired) electrons. The number of rotatable bonds is 5. The maximum Gasteiger partial charge on any atom is 0.264 e. The van der Waals surface area contributed by atoms with E-state index >= 15 is 0 Å².